The first-order valence-corrected chi connectivity index (χ1v) is 7.76. The smallest absolute Gasteiger partial charge is 0.228 e. The average molecular weight is 326 g/mol. The largest absolute Gasteiger partial charge is 0.368 e. The zero-order valence-corrected chi connectivity index (χ0v) is 13.5. The molecule has 0 radical (unpaired) electrons. The molecule has 1 aromatic heterocycles. The second-order valence-corrected chi connectivity index (χ2v) is 5.65. The van der Waals surface area contributed by atoms with Crippen LogP contribution in [-0.4, -0.2) is 50.2 Å². The Labute approximate surface area is 137 Å². The van der Waals surface area contributed by atoms with Gasteiger partial charge in [0, 0.05) is 32.1 Å². The van der Waals surface area contributed by atoms with Gasteiger partial charge < -0.3 is 20.9 Å². The molecule has 2 saturated heterocycles. The molecule has 6 nitrogen and oxygen atoms in total. The third kappa shape index (κ3) is 4.32. The number of amides is 1. The topological polar surface area (TPSA) is 69.3 Å². The van der Waals surface area contributed by atoms with E-state index in [0.29, 0.717) is 5.82 Å². The fourth-order valence-corrected chi connectivity index (χ4v) is 2.88. The molecule has 7 heteroatoms. The Balaban J connectivity index is 0.00000176. The third-order valence-electron chi connectivity index (χ3n) is 4.19. The van der Waals surface area contributed by atoms with E-state index in [9.17, 15) is 4.79 Å². The maximum atomic E-state index is 12.2. The molecule has 2 fully saturated rings. The minimum absolute atomic E-state index is 0. The number of halogens is 1. The van der Waals surface area contributed by atoms with E-state index in [1.807, 2.05) is 18.3 Å². The predicted molar refractivity (Wildman–Crippen MR) is 90.8 cm³/mol. The van der Waals surface area contributed by atoms with Crippen molar-refractivity contribution in [2.24, 2.45) is 5.92 Å². The Morgan fingerprint density at radius 3 is 2.45 bits per heavy atom. The average Bonchev–Trinajstić information content (AvgIpc) is 2.57. The zero-order valence-electron chi connectivity index (χ0n) is 12.7. The number of anilines is 2. The van der Waals surface area contributed by atoms with E-state index in [4.69, 9.17) is 0 Å². The third-order valence-corrected chi connectivity index (χ3v) is 4.19. The second-order valence-electron chi connectivity index (χ2n) is 5.65. The highest BCUT2D eigenvalue weighted by atomic mass is 35.5. The van der Waals surface area contributed by atoms with Gasteiger partial charge in [-0.05, 0) is 38.1 Å². The van der Waals surface area contributed by atoms with Crippen LogP contribution in [0.2, 0.25) is 0 Å². The van der Waals surface area contributed by atoms with Gasteiger partial charge in [-0.15, -0.1) is 12.4 Å². The SMILES string of the molecule is Cl.O=C(Nc1ccc(N2CCNCC2)cn1)C1CCNCC1. The molecular formula is C15H24ClN5O. The van der Waals surface area contributed by atoms with E-state index in [0.717, 1.165) is 57.8 Å². The number of pyridine rings is 1. The normalized spacial score (nSPS) is 19.4. The lowest BCUT2D eigenvalue weighted by atomic mass is 9.97. The van der Waals surface area contributed by atoms with Crippen molar-refractivity contribution in [3.63, 3.8) is 0 Å². The molecule has 3 heterocycles. The quantitative estimate of drug-likeness (QED) is 0.769. The first-order chi connectivity index (χ1) is 10.3. The van der Waals surface area contributed by atoms with Crippen molar-refractivity contribution in [1.29, 1.82) is 0 Å². The van der Waals surface area contributed by atoms with Gasteiger partial charge in [-0.2, -0.15) is 0 Å². The number of nitrogens with zero attached hydrogens (tertiary/aromatic N) is 2. The van der Waals surface area contributed by atoms with Crippen LogP contribution in [0.3, 0.4) is 0 Å². The summed E-state index contributed by atoms with van der Waals surface area (Å²) in [5, 5.41) is 9.54. The van der Waals surface area contributed by atoms with Gasteiger partial charge in [0.1, 0.15) is 5.82 Å². The number of carbonyl (C=O) groups excluding carboxylic acids is 1. The van der Waals surface area contributed by atoms with Gasteiger partial charge in [0.05, 0.1) is 11.9 Å². The van der Waals surface area contributed by atoms with Crippen LogP contribution in [0, 0.1) is 5.92 Å². The highest BCUT2D eigenvalue weighted by Gasteiger charge is 2.21. The summed E-state index contributed by atoms with van der Waals surface area (Å²) in [5.41, 5.74) is 1.12. The summed E-state index contributed by atoms with van der Waals surface area (Å²) in [4.78, 5) is 18.8. The highest BCUT2D eigenvalue weighted by Crippen LogP contribution is 2.18. The zero-order chi connectivity index (χ0) is 14.5. The van der Waals surface area contributed by atoms with Gasteiger partial charge in [0.25, 0.3) is 0 Å². The number of rotatable bonds is 3. The first-order valence-electron chi connectivity index (χ1n) is 7.76. The van der Waals surface area contributed by atoms with Crippen molar-refractivity contribution in [1.82, 2.24) is 15.6 Å². The Kier molecular flexibility index (Phi) is 6.42. The van der Waals surface area contributed by atoms with E-state index in [-0.39, 0.29) is 24.2 Å². The van der Waals surface area contributed by atoms with Crippen molar-refractivity contribution < 1.29 is 4.79 Å². The Bertz CT molecular complexity index is 469. The number of nitrogens with one attached hydrogen (secondary N) is 3. The summed E-state index contributed by atoms with van der Waals surface area (Å²) < 4.78 is 0. The lowest BCUT2D eigenvalue weighted by molar-refractivity contribution is -0.120. The Morgan fingerprint density at radius 1 is 1.14 bits per heavy atom. The number of piperazine rings is 1. The molecule has 122 valence electrons. The molecular weight excluding hydrogens is 302 g/mol. The van der Waals surface area contributed by atoms with E-state index in [2.05, 4.69) is 25.8 Å². The van der Waals surface area contributed by atoms with Crippen molar-refractivity contribution in [3.05, 3.63) is 18.3 Å². The fraction of sp³-hybridized carbons (Fsp3) is 0.600. The molecule has 22 heavy (non-hydrogen) atoms. The monoisotopic (exact) mass is 325 g/mol. The number of aromatic nitrogens is 1. The molecule has 0 unspecified atom stereocenters. The maximum absolute atomic E-state index is 12.2. The molecule has 2 aliphatic heterocycles. The maximum Gasteiger partial charge on any atom is 0.228 e. The molecule has 1 amide bonds. The molecule has 3 N–H and O–H groups in total. The molecule has 0 saturated carbocycles. The molecule has 1 aromatic rings. The fourth-order valence-electron chi connectivity index (χ4n) is 2.88. The number of hydrogen-bond donors (Lipinski definition) is 3. The standard InChI is InChI=1S/C15H23N5O.ClH/c21-15(12-3-5-16-6-4-12)19-14-2-1-13(11-18-14)20-9-7-17-8-10-20;/h1-2,11-12,16-17H,3-10H2,(H,18,19,21);1H. The van der Waals surface area contributed by atoms with Crippen LogP contribution >= 0.6 is 12.4 Å². The predicted octanol–water partition coefficient (Wildman–Crippen LogP) is 0.851. The minimum atomic E-state index is 0. The summed E-state index contributed by atoms with van der Waals surface area (Å²) in [5.74, 6) is 0.859. The van der Waals surface area contributed by atoms with Crippen LogP contribution in [0.4, 0.5) is 11.5 Å². The van der Waals surface area contributed by atoms with E-state index in [1.54, 1.807) is 0 Å². The summed E-state index contributed by atoms with van der Waals surface area (Å²) >= 11 is 0. The van der Waals surface area contributed by atoms with Gasteiger partial charge >= 0.3 is 0 Å². The van der Waals surface area contributed by atoms with Crippen LogP contribution in [0.1, 0.15) is 12.8 Å². The van der Waals surface area contributed by atoms with Gasteiger partial charge in [-0.1, -0.05) is 0 Å². The highest BCUT2D eigenvalue weighted by molar-refractivity contribution is 5.91. The number of hydrogen-bond acceptors (Lipinski definition) is 5. The van der Waals surface area contributed by atoms with Gasteiger partial charge in [0.2, 0.25) is 5.91 Å². The number of piperidine rings is 1. The van der Waals surface area contributed by atoms with E-state index < -0.39 is 0 Å². The molecule has 0 aliphatic carbocycles. The second kappa shape index (κ2) is 8.31. The molecule has 2 aliphatic rings. The van der Waals surface area contributed by atoms with Crippen LogP contribution in [0.25, 0.3) is 0 Å². The summed E-state index contributed by atoms with van der Waals surface area (Å²) in [6.45, 7) is 5.87. The molecule has 0 bridgehead atoms. The first kappa shape index (κ1) is 17.0. The van der Waals surface area contributed by atoms with Crippen LogP contribution < -0.4 is 20.9 Å². The summed E-state index contributed by atoms with van der Waals surface area (Å²) in [7, 11) is 0. The van der Waals surface area contributed by atoms with Gasteiger partial charge in [-0.25, -0.2) is 4.98 Å². The lowest BCUT2D eigenvalue weighted by Crippen LogP contribution is -2.43. The van der Waals surface area contributed by atoms with E-state index in [1.165, 1.54) is 0 Å². The van der Waals surface area contributed by atoms with Crippen molar-refractivity contribution in [2.45, 2.75) is 12.8 Å². The minimum Gasteiger partial charge on any atom is -0.368 e. The molecule has 0 aromatic carbocycles. The van der Waals surface area contributed by atoms with Crippen molar-refractivity contribution >= 4 is 29.8 Å². The van der Waals surface area contributed by atoms with Crippen molar-refractivity contribution in [2.75, 3.05) is 49.5 Å². The number of carbonyl (C=O) groups is 1. The van der Waals surface area contributed by atoms with Crippen molar-refractivity contribution in [3.8, 4) is 0 Å². The molecule has 3 rings (SSSR count). The molecule has 0 spiro atoms. The summed E-state index contributed by atoms with van der Waals surface area (Å²) in [6, 6.07) is 3.94. The van der Waals surface area contributed by atoms with Gasteiger partial charge in [-0.3, -0.25) is 4.79 Å². The Hall–Kier alpha value is -1.37. The van der Waals surface area contributed by atoms with E-state index >= 15 is 0 Å². The summed E-state index contributed by atoms with van der Waals surface area (Å²) in [6.07, 6.45) is 3.67. The van der Waals surface area contributed by atoms with Crippen LogP contribution in [0.15, 0.2) is 18.3 Å². The molecule has 0 atom stereocenters. The van der Waals surface area contributed by atoms with Crippen LogP contribution in [-0.2, 0) is 4.79 Å². The lowest BCUT2D eigenvalue weighted by Gasteiger charge is -2.29. The van der Waals surface area contributed by atoms with Crippen LogP contribution in [0.5, 0.6) is 0 Å². The van der Waals surface area contributed by atoms with Gasteiger partial charge in [0.15, 0.2) is 0 Å². The Morgan fingerprint density at radius 2 is 1.82 bits per heavy atom.